The lowest BCUT2D eigenvalue weighted by Crippen LogP contribution is -2.51. The van der Waals surface area contributed by atoms with Crippen molar-refractivity contribution in [3.63, 3.8) is 0 Å². The molecule has 3 amide bonds. The lowest BCUT2D eigenvalue weighted by molar-refractivity contribution is -0.140. The molecular formula is C20H25ClN4O3. The molecule has 1 saturated heterocycles. The maximum Gasteiger partial charge on any atom is 0.323 e. The Balaban J connectivity index is 0.00000280. The van der Waals surface area contributed by atoms with Gasteiger partial charge in [-0.3, -0.25) is 4.79 Å². The fraction of sp³-hybridized carbons (Fsp3) is 0.300. The molecule has 0 unspecified atom stereocenters. The molecule has 7 nitrogen and oxygen atoms in total. The van der Waals surface area contributed by atoms with Crippen LogP contribution in [0.25, 0.3) is 0 Å². The van der Waals surface area contributed by atoms with Gasteiger partial charge in [-0.25, -0.2) is 4.79 Å². The highest BCUT2D eigenvalue weighted by Gasteiger charge is 2.39. The number of piperidine rings is 1. The summed E-state index contributed by atoms with van der Waals surface area (Å²) >= 11 is 0. The second-order valence-corrected chi connectivity index (χ2v) is 6.43. The molecule has 1 aliphatic heterocycles. The highest BCUT2D eigenvalue weighted by atomic mass is 35.5. The third-order valence-corrected chi connectivity index (χ3v) is 4.63. The molecule has 28 heavy (non-hydrogen) atoms. The average molecular weight is 405 g/mol. The van der Waals surface area contributed by atoms with Crippen LogP contribution in [-0.4, -0.2) is 37.7 Å². The number of hydrogen-bond donors (Lipinski definition) is 4. The Bertz CT molecular complexity index is 795. The minimum atomic E-state index is -0.820. The molecule has 1 heterocycles. The molecule has 2 aromatic rings. The minimum Gasteiger partial charge on any atom is -0.368 e. The fourth-order valence-corrected chi connectivity index (χ4v) is 3.09. The summed E-state index contributed by atoms with van der Waals surface area (Å²) in [5, 5.41) is 11.6. The van der Waals surface area contributed by atoms with Crippen molar-refractivity contribution in [1.82, 2.24) is 5.32 Å². The van der Waals surface area contributed by atoms with Gasteiger partial charge in [0.05, 0.1) is 0 Å². The molecule has 1 aliphatic rings. The second kappa shape index (κ2) is 10.1. The van der Waals surface area contributed by atoms with Gasteiger partial charge < -0.3 is 26.0 Å². The Hall–Kier alpha value is -2.61. The number of halogens is 1. The number of hydrogen-bond acceptors (Lipinski definition) is 4. The zero-order valence-corrected chi connectivity index (χ0v) is 16.5. The van der Waals surface area contributed by atoms with Gasteiger partial charge in [-0.05, 0) is 56.3 Å². The number of para-hydroxylation sites is 1. The molecule has 0 bridgehead atoms. The number of ether oxygens (including phenoxy) is 1. The van der Waals surface area contributed by atoms with Crippen molar-refractivity contribution >= 4 is 41.4 Å². The van der Waals surface area contributed by atoms with Crippen LogP contribution in [0.4, 0.5) is 21.9 Å². The van der Waals surface area contributed by atoms with Crippen LogP contribution in [0, 0.1) is 0 Å². The van der Waals surface area contributed by atoms with E-state index in [0.29, 0.717) is 29.9 Å². The van der Waals surface area contributed by atoms with Crippen molar-refractivity contribution in [3.8, 4) is 0 Å². The first-order valence-electron chi connectivity index (χ1n) is 8.92. The monoisotopic (exact) mass is 404 g/mol. The summed E-state index contributed by atoms with van der Waals surface area (Å²) in [5.41, 5.74) is 1.07. The summed E-state index contributed by atoms with van der Waals surface area (Å²) in [4.78, 5) is 24.9. The van der Waals surface area contributed by atoms with Gasteiger partial charge in [0.1, 0.15) is 5.60 Å². The van der Waals surface area contributed by atoms with Crippen LogP contribution in [0.5, 0.6) is 0 Å². The predicted molar refractivity (Wildman–Crippen MR) is 113 cm³/mol. The van der Waals surface area contributed by atoms with Gasteiger partial charge in [-0.1, -0.05) is 24.3 Å². The highest BCUT2D eigenvalue weighted by molar-refractivity contribution is 6.01. The summed E-state index contributed by atoms with van der Waals surface area (Å²) in [6.07, 6.45) is 1.24. The van der Waals surface area contributed by atoms with Crippen molar-refractivity contribution in [2.75, 3.05) is 36.1 Å². The zero-order valence-electron chi connectivity index (χ0n) is 15.7. The highest BCUT2D eigenvalue weighted by Crippen LogP contribution is 2.25. The minimum absolute atomic E-state index is 0. The van der Waals surface area contributed by atoms with Crippen molar-refractivity contribution in [2.45, 2.75) is 18.4 Å². The predicted octanol–water partition coefficient (Wildman–Crippen LogP) is 3.46. The molecule has 0 atom stereocenters. The molecule has 0 saturated carbocycles. The van der Waals surface area contributed by atoms with Crippen molar-refractivity contribution in [1.29, 1.82) is 0 Å². The first-order valence-corrected chi connectivity index (χ1v) is 8.92. The van der Waals surface area contributed by atoms with Crippen LogP contribution < -0.4 is 21.3 Å². The van der Waals surface area contributed by atoms with Crippen LogP contribution in [0.3, 0.4) is 0 Å². The van der Waals surface area contributed by atoms with Crippen molar-refractivity contribution in [2.24, 2.45) is 0 Å². The maximum absolute atomic E-state index is 12.7. The molecule has 3 rings (SSSR count). The SMILES string of the molecule is COC1(C(=O)Nc2cccc(NC(=O)Nc3ccccc3)c2)CCNCC1.Cl. The number of urea groups is 1. The first-order chi connectivity index (χ1) is 13.1. The number of carbonyl (C=O) groups is 2. The lowest BCUT2D eigenvalue weighted by Gasteiger charge is -2.34. The van der Waals surface area contributed by atoms with Gasteiger partial charge in [0.2, 0.25) is 0 Å². The number of anilines is 3. The molecule has 0 spiro atoms. The fourth-order valence-electron chi connectivity index (χ4n) is 3.09. The van der Waals surface area contributed by atoms with E-state index in [9.17, 15) is 9.59 Å². The van der Waals surface area contributed by atoms with E-state index in [1.54, 1.807) is 43.5 Å². The van der Waals surface area contributed by atoms with Gasteiger partial charge in [0.15, 0.2) is 0 Å². The Morgan fingerprint density at radius 3 is 2.11 bits per heavy atom. The Morgan fingerprint density at radius 1 is 0.893 bits per heavy atom. The summed E-state index contributed by atoms with van der Waals surface area (Å²) in [5.74, 6) is -0.169. The van der Waals surface area contributed by atoms with Crippen LogP contribution >= 0.6 is 12.4 Å². The number of methoxy groups -OCH3 is 1. The largest absolute Gasteiger partial charge is 0.368 e. The smallest absolute Gasteiger partial charge is 0.323 e. The maximum atomic E-state index is 12.7. The van der Waals surface area contributed by atoms with Crippen LogP contribution in [0.15, 0.2) is 54.6 Å². The standard InChI is InChI=1S/C20H24N4O3.ClH/c1-27-20(10-12-21-13-11-20)18(25)22-16-8-5-9-17(14-16)24-19(26)23-15-6-3-2-4-7-15;/h2-9,14,21H,10-13H2,1H3,(H,22,25)(H2,23,24,26);1H. The summed E-state index contributed by atoms with van der Waals surface area (Å²) < 4.78 is 5.54. The molecule has 0 aliphatic carbocycles. The van der Waals surface area contributed by atoms with E-state index in [0.717, 1.165) is 13.1 Å². The molecule has 2 aromatic carbocycles. The van der Waals surface area contributed by atoms with E-state index in [4.69, 9.17) is 4.74 Å². The van der Waals surface area contributed by atoms with Gasteiger partial charge in [-0.15, -0.1) is 12.4 Å². The molecule has 1 fully saturated rings. The number of nitrogens with one attached hydrogen (secondary N) is 4. The van der Waals surface area contributed by atoms with E-state index in [2.05, 4.69) is 21.3 Å². The topological polar surface area (TPSA) is 91.5 Å². The van der Waals surface area contributed by atoms with E-state index in [-0.39, 0.29) is 24.3 Å². The van der Waals surface area contributed by atoms with E-state index in [1.807, 2.05) is 18.2 Å². The molecule has 4 N–H and O–H groups in total. The van der Waals surface area contributed by atoms with Gasteiger partial charge in [-0.2, -0.15) is 0 Å². The zero-order chi connectivity index (χ0) is 19.1. The van der Waals surface area contributed by atoms with Crippen LogP contribution in [0.1, 0.15) is 12.8 Å². The number of amides is 3. The second-order valence-electron chi connectivity index (χ2n) is 6.43. The Kier molecular flexibility index (Phi) is 7.80. The third kappa shape index (κ3) is 5.45. The lowest BCUT2D eigenvalue weighted by atomic mass is 9.91. The summed E-state index contributed by atoms with van der Waals surface area (Å²) in [6, 6.07) is 15.9. The van der Waals surface area contributed by atoms with Gasteiger partial charge in [0, 0.05) is 24.2 Å². The molecule has 150 valence electrons. The number of rotatable bonds is 5. The quantitative estimate of drug-likeness (QED) is 0.614. The average Bonchev–Trinajstić information content (AvgIpc) is 2.69. The van der Waals surface area contributed by atoms with Crippen molar-refractivity contribution in [3.05, 3.63) is 54.6 Å². The third-order valence-electron chi connectivity index (χ3n) is 4.63. The van der Waals surface area contributed by atoms with Gasteiger partial charge >= 0.3 is 6.03 Å². The number of carbonyl (C=O) groups excluding carboxylic acids is 2. The summed E-state index contributed by atoms with van der Waals surface area (Å²) in [6.45, 7) is 1.48. The Morgan fingerprint density at radius 2 is 1.46 bits per heavy atom. The normalized spacial score (nSPS) is 15.0. The molecule has 0 radical (unpaired) electrons. The molecular weight excluding hydrogens is 380 g/mol. The Labute approximate surface area is 170 Å². The van der Waals surface area contributed by atoms with E-state index >= 15 is 0 Å². The van der Waals surface area contributed by atoms with E-state index in [1.165, 1.54) is 0 Å². The van der Waals surface area contributed by atoms with Crippen LogP contribution in [-0.2, 0) is 9.53 Å². The molecule has 0 aromatic heterocycles. The van der Waals surface area contributed by atoms with E-state index < -0.39 is 5.60 Å². The van der Waals surface area contributed by atoms with Crippen molar-refractivity contribution < 1.29 is 14.3 Å². The number of benzene rings is 2. The molecule has 8 heteroatoms. The first kappa shape index (κ1) is 21.7. The van der Waals surface area contributed by atoms with Gasteiger partial charge in [0.25, 0.3) is 5.91 Å². The summed E-state index contributed by atoms with van der Waals surface area (Å²) in [7, 11) is 1.57. The van der Waals surface area contributed by atoms with Crippen LogP contribution in [0.2, 0.25) is 0 Å².